The van der Waals surface area contributed by atoms with Crippen LogP contribution in [0, 0.1) is 5.92 Å². The fourth-order valence-electron chi connectivity index (χ4n) is 2.59. The first kappa shape index (κ1) is 19.0. The van der Waals surface area contributed by atoms with Gasteiger partial charge < -0.3 is 4.74 Å². The van der Waals surface area contributed by atoms with Crippen molar-refractivity contribution >= 4 is 5.97 Å². The molecular formula is C20H21F3O2. The Kier molecular flexibility index (Phi) is 6.23. The second kappa shape index (κ2) is 8.19. The fraction of sp³-hybridized carbons (Fsp3) is 0.350. The largest absolute Gasteiger partial charge is 0.458 e. The van der Waals surface area contributed by atoms with Crippen molar-refractivity contribution < 1.29 is 22.7 Å². The third-order valence-corrected chi connectivity index (χ3v) is 4.01. The van der Waals surface area contributed by atoms with Gasteiger partial charge in [0.2, 0.25) is 0 Å². The molecular weight excluding hydrogens is 329 g/mol. The quantitative estimate of drug-likeness (QED) is 0.641. The van der Waals surface area contributed by atoms with Gasteiger partial charge in [-0.3, -0.25) is 0 Å². The zero-order valence-electron chi connectivity index (χ0n) is 14.2. The van der Waals surface area contributed by atoms with Crippen LogP contribution in [0.5, 0.6) is 0 Å². The molecule has 2 aromatic carbocycles. The number of carbonyl (C=O) groups excluding carboxylic acids is 1. The van der Waals surface area contributed by atoms with E-state index in [1.165, 1.54) is 12.1 Å². The molecule has 0 saturated carbocycles. The minimum atomic E-state index is -4.59. The van der Waals surface area contributed by atoms with Crippen LogP contribution in [0.1, 0.15) is 41.8 Å². The molecule has 25 heavy (non-hydrogen) atoms. The van der Waals surface area contributed by atoms with Gasteiger partial charge in [0.1, 0.15) is 6.10 Å². The van der Waals surface area contributed by atoms with Crippen LogP contribution in [0.4, 0.5) is 13.2 Å². The van der Waals surface area contributed by atoms with Gasteiger partial charge in [-0.2, -0.15) is 13.2 Å². The molecule has 0 aliphatic carbocycles. The molecule has 0 spiro atoms. The van der Waals surface area contributed by atoms with Crippen LogP contribution in [0.15, 0.2) is 54.6 Å². The van der Waals surface area contributed by atoms with E-state index in [-0.39, 0.29) is 5.92 Å². The van der Waals surface area contributed by atoms with Gasteiger partial charge in [0.05, 0.1) is 11.1 Å². The summed E-state index contributed by atoms with van der Waals surface area (Å²) in [5, 5.41) is 0. The topological polar surface area (TPSA) is 26.3 Å². The standard InChI is InChI=1S/C20H21F3O2/c1-14(2)18(13-12-15-8-4-3-5-9-15)25-19(24)16-10-6-7-11-17(16)20(21,22)23/h3-11,14,18H,12-13H2,1-2H3. The van der Waals surface area contributed by atoms with Crippen LogP contribution in [0.3, 0.4) is 0 Å². The molecule has 0 aromatic heterocycles. The molecule has 0 N–H and O–H groups in total. The third-order valence-electron chi connectivity index (χ3n) is 4.01. The maximum atomic E-state index is 13.1. The molecule has 2 rings (SSSR count). The minimum absolute atomic E-state index is 0.00529. The lowest BCUT2D eigenvalue weighted by Crippen LogP contribution is -2.26. The molecule has 134 valence electrons. The van der Waals surface area contributed by atoms with Gasteiger partial charge in [-0.25, -0.2) is 4.79 Å². The number of benzene rings is 2. The molecule has 0 amide bonds. The minimum Gasteiger partial charge on any atom is -0.458 e. The molecule has 2 nitrogen and oxygen atoms in total. The summed E-state index contributed by atoms with van der Waals surface area (Å²) in [5.41, 5.74) is -0.314. The van der Waals surface area contributed by atoms with Crippen molar-refractivity contribution in [3.8, 4) is 0 Å². The van der Waals surface area contributed by atoms with E-state index in [9.17, 15) is 18.0 Å². The van der Waals surface area contributed by atoms with Gasteiger partial charge in [0, 0.05) is 0 Å². The normalized spacial score (nSPS) is 12.9. The van der Waals surface area contributed by atoms with E-state index in [1.54, 1.807) is 0 Å². The molecule has 0 fully saturated rings. The average molecular weight is 350 g/mol. The van der Waals surface area contributed by atoms with Crippen LogP contribution < -0.4 is 0 Å². The predicted octanol–water partition coefficient (Wildman–Crippen LogP) is 5.52. The first-order chi connectivity index (χ1) is 11.8. The Hall–Kier alpha value is -2.30. The van der Waals surface area contributed by atoms with Crippen molar-refractivity contribution in [2.75, 3.05) is 0 Å². The summed E-state index contributed by atoms with van der Waals surface area (Å²) in [6.07, 6.45) is -3.79. The zero-order valence-corrected chi connectivity index (χ0v) is 14.2. The molecule has 1 unspecified atom stereocenters. The zero-order chi connectivity index (χ0) is 18.4. The van der Waals surface area contributed by atoms with Crippen molar-refractivity contribution in [1.29, 1.82) is 0 Å². The summed E-state index contributed by atoms with van der Waals surface area (Å²) < 4.78 is 44.6. The Balaban J connectivity index is 2.11. The summed E-state index contributed by atoms with van der Waals surface area (Å²) >= 11 is 0. The predicted molar refractivity (Wildman–Crippen MR) is 90.2 cm³/mol. The van der Waals surface area contributed by atoms with E-state index in [0.717, 1.165) is 17.7 Å². The van der Waals surface area contributed by atoms with Crippen LogP contribution >= 0.6 is 0 Å². The van der Waals surface area contributed by atoms with Crippen molar-refractivity contribution in [3.63, 3.8) is 0 Å². The summed E-state index contributed by atoms with van der Waals surface area (Å²) in [4.78, 5) is 12.3. The van der Waals surface area contributed by atoms with Crippen LogP contribution in [0.2, 0.25) is 0 Å². The van der Waals surface area contributed by atoms with Gasteiger partial charge in [-0.1, -0.05) is 56.3 Å². The number of ether oxygens (including phenoxy) is 1. The highest BCUT2D eigenvalue weighted by molar-refractivity contribution is 5.91. The molecule has 0 heterocycles. The van der Waals surface area contributed by atoms with Gasteiger partial charge in [-0.05, 0) is 36.5 Å². The van der Waals surface area contributed by atoms with Crippen molar-refractivity contribution in [2.24, 2.45) is 5.92 Å². The molecule has 0 bridgehead atoms. The Morgan fingerprint density at radius 2 is 1.60 bits per heavy atom. The van der Waals surface area contributed by atoms with Gasteiger partial charge in [0.15, 0.2) is 0 Å². The van der Waals surface area contributed by atoms with E-state index in [0.29, 0.717) is 12.8 Å². The van der Waals surface area contributed by atoms with Crippen molar-refractivity contribution in [3.05, 3.63) is 71.3 Å². The summed E-state index contributed by atoms with van der Waals surface area (Å²) in [5.74, 6) is -0.926. The lowest BCUT2D eigenvalue weighted by atomic mass is 9.99. The fourth-order valence-corrected chi connectivity index (χ4v) is 2.59. The van der Waals surface area contributed by atoms with Crippen molar-refractivity contribution in [1.82, 2.24) is 0 Å². The van der Waals surface area contributed by atoms with Gasteiger partial charge in [-0.15, -0.1) is 0 Å². The molecule has 0 radical (unpaired) electrons. The van der Waals surface area contributed by atoms with E-state index in [4.69, 9.17) is 4.74 Å². The number of hydrogen-bond acceptors (Lipinski definition) is 2. The molecule has 0 aliphatic rings. The van der Waals surface area contributed by atoms with E-state index in [2.05, 4.69) is 0 Å². The highest BCUT2D eigenvalue weighted by Crippen LogP contribution is 2.32. The first-order valence-electron chi connectivity index (χ1n) is 8.20. The highest BCUT2D eigenvalue weighted by Gasteiger charge is 2.36. The average Bonchev–Trinajstić information content (AvgIpc) is 2.58. The second-order valence-corrected chi connectivity index (χ2v) is 6.26. The lowest BCUT2D eigenvalue weighted by molar-refractivity contribution is -0.138. The second-order valence-electron chi connectivity index (χ2n) is 6.26. The van der Waals surface area contributed by atoms with Crippen LogP contribution in [0.25, 0.3) is 0 Å². The molecule has 5 heteroatoms. The lowest BCUT2D eigenvalue weighted by Gasteiger charge is -2.22. The number of hydrogen-bond donors (Lipinski definition) is 0. The summed E-state index contributed by atoms with van der Waals surface area (Å²) in [6, 6.07) is 14.4. The van der Waals surface area contributed by atoms with Gasteiger partial charge >= 0.3 is 12.1 Å². The number of carbonyl (C=O) groups is 1. The Morgan fingerprint density at radius 1 is 1.00 bits per heavy atom. The number of rotatable bonds is 6. The Bertz CT molecular complexity index is 694. The molecule has 1 atom stereocenters. The van der Waals surface area contributed by atoms with E-state index in [1.807, 2.05) is 44.2 Å². The highest BCUT2D eigenvalue weighted by atomic mass is 19.4. The number of alkyl halides is 3. The molecule has 0 aliphatic heterocycles. The number of aryl methyl sites for hydroxylation is 1. The smallest absolute Gasteiger partial charge is 0.417 e. The SMILES string of the molecule is CC(C)C(CCc1ccccc1)OC(=O)c1ccccc1C(F)(F)F. The maximum absolute atomic E-state index is 13.1. The Morgan fingerprint density at radius 3 is 2.20 bits per heavy atom. The van der Waals surface area contributed by atoms with Crippen LogP contribution in [-0.2, 0) is 17.3 Å². The summed E-state index contributed by atoms with van der Waals surface area (Å²) in [7, 11) is 0. The molecule has 0 saturated heterocycles. The monoisotopic (exact) mass is 350 g/mol. The molecule has 2 aromatic rings. The summed E-state index contributed by atoms with van der Waals surface area (Å²) in [6.45, 7) is 3.78. The van der Waals surface area contributed by atoms with E-state index < -0.39 is 29.4 Å². The van der Waals surface area contributed by atoms with Crippen molar-refractivity contribution in [2.45, 2.75) is 39.0 Å². The van der Waals surface area contributed by atoms with E-state index >= 15 is 0 Å². The third kappa shape index (κ3) is 5.34. The maximum Gasteiger partial charge on any atom is 0.417 e. The van der Waals surface area contributed by atoms with Gasteiger partial charge in [0.25, 0.3) is 0 Å². The van der Waals surface area contributed by atoms with Crippen LogP contribution in [-0.4, -0.2) is 12.1 Å². The number of esters is 1. The first-order valence-corrected chi connectivity index (χ1v) is 8.20. The number of halogens is 3. The Labute approximate surface area is 145 Å².